The van der Waals surface area contributed by atoms with Crippen LogP contribution in [0.2, 0.25) is 0 Å². The molecule has 0 amide bonds. The van der Waals surface area contributed by atoms with Crippen LogP contribution in [0, 0.1) is 6.92 Å². The fraction of sp³-hybridized carbons (Fsp3) is 0.250. The van der Waals surface area contributed by atoms with Gasteiger partial charge in [0.25, 0.3) is 0 Å². The van der Waals surface area contributed by atoms with Crippen molar-refractivity contribution in [2.24, 2.45) is 0 Å². The highest BCUT2D eigenvalue weighted by atomic mass is 16.5. The van der Waals surface area contributed by atoms with E-state index in [2.05, 4.69) is 35.6 Å². The first-order valence-corrected chi connectivity index (χ1v) is 5.13. The monoisotopic (exact) mass is 200 g/mol. The largest absolute Gasteiger partial charge is 0.384 e. The van der Waals surface area contributed by atoms with Crippen LogP contribution in [0.5, 0.6) is 0 Å². The number of fused-ring (bicyclic) bond motifs is 3. The van der Waals surface area contributed by atoms with E-state index >= 15 is 0 Å². The summed E-state index contributed by atoms with van der Waals surface area (Å²) in [6, 6.07) is 6.29. The summed E-state index contributed by atoms with van der Waals surface area (Å²) in [6.45, 7) is 3.02. The zero-order chi connectivity index (χ0) is 10.3. The Morgan fingerprint density at radius 3 is 3.20 bits per heavy atom. The molecule has 2 heterocycles. The van der Waals surface area contributed by atoms with Crippen molar-refractivity contribution in [1.29, 1.82) is 0 Å². The molecule has 1 aliphatic heterocycles. The average molecular weight is 200 g/mol. The van der Waals surface area contributed by atoms with Crippen LogP contribution in [-0.4, -0.2) is 11.7 Å². The minimum absolute atomic E-state index is 0.892. The molecule has 0 saturated carbocycles. The molecule has 3 heteroatoms. The lowest BCUT2D eigenvalue weighted by Crippen LogP contribution is -2.03. The molecular weight excluding hydrogens is 188 g/mol. The van der Waals surface area contributed by atoms with Crippen molar-refractivity contribution >= 4 is 5.69 Å². The highest BCUT2D eigenvalue weighted by Gasteiger charge is 2.18. The molecule has 1 aliphatic rings. The first-order chi connectivity index (χ1) is 7.36. The number of benzene rings is 1. The van der Waals surface area contributed by atoms with E-state index in [1.807, 2.05) is 0 Å². The van der Waals surface area contributed by atoms with Gasteiger partial charge < -0.3 is 9.84 Å². The molecule has 0 spiro atoms. The third kappa shape index (κ3) is 1.23. The molecule has 0 radical (unpaired) electrons. The Morgan fingerprint density at radius 2 is 2.27 bits per heavy atom. The van der Waals surface area contributed by atoms with Crippen LogP contribution < -0.4 is 5.32 Å². The SMILES string of the molecule is Cc1cccc2c1NCCc1oncc1-2. The number of rotatable bonds is 0. The second kappa shape index (κ2) is 3.12. The Hall–Kier alpha value is -1.77. The van der Waals surface area contributed by atoms with E-state index in [0.717, 1.165) is 24.3 Å². The Morgan fingerprint density at radius 1 is 1.33 bits per heavy atom. The number of nitrogens with one attached hydrogen (secondary N) is 1. The quantitative estimate of drug-likeness (QED) is 0.710. The summed E-state index contributed by atoms with van der Waals surface area (Å²) in [5.74, 6) is 0.979. The fourth-order valence-electron chi connectivity index (χ4n) is 2.09. The standard InChI is InChI=1S/C12H12N2O/c1-8-3-2-4-9-10-7-14-15-11(10)5-6-13-12(8)9/h2-4,7,13H,5-6H2,1H3. The normalized spacial score (nSPS) is 13.7. The van der Waals surface area contributed by atoms with E-state index in [-0.39, 0.29) is 0 Å². The maximum Gasteiger partial charge on any atom is 0.146 e. The summed E-state index contributed by atoms with van der Waals surface area (Å²) < 4.78 is 5.24. The van der Waals surface area contributed by atoms with Crippen molar-refractivity contribution in [3.8, 4) is 11.1 Å². The van der Waals surface area contributed by atoms with Crippen molar-refractivity contribution in [1.82, 2.24) is 5.16 Å². The van der Waals surface area contributed by atoms with Gasteiger partial charge in [0.2, 0.25) is 0 Å². The lowest BCUT2D eigenvalue weighted by molar-refractivity contribution is 0.386. The molecule has 1 N–H and O–H groups in total. The van der Waals surface area contributed by atoms with Crippen LogP contribution in [0.4, 0.5) is 5.69 Å². The van der Waals surface area contributed by atoms with Crippen molar-refractivity contribution in [2.45, 2.75) is 13.3 Å². The zero-order valence-corrected chi connectivity index (χ0v) is 8.58. The minimum atomic E-state index is 0.892. The van der Waals surface area contributed by atoms with Crippen LogP contribution >= 0.6 is 0 Å². The first-order valence-electron chi connectivity index (χ1n) is 5.13. The lowest BCUT2D eigenvalue weighted by atomic mass is 10.0. The van der Waals surface area contributed by atoms with E-state index in [9.17, 15) is 0 Å². The van der Waals surface area contributed by atoms with Gasteiger partial charge in [-0.25, -0.2) is 0 Å². The molecule has 0 aliphatic carbocycles. The number of aromatic nitrogens is 1. The van der Waals surface area contributed by atoms with Crippen LogP contribution in [0.1, 0.15) is 11.3 Å². The summed E-state index contributed by atoms with van der Waals surface area (Å²) in [5, 5.41) is 7.31. The molecule has 0 unspecified atom stereocenters. The minimum Gasteiger partial charge on any atom is -0.384 e. The maximum atomic E-state index is 5.24. The van der Waals surface area contributed by atoms with E-state index in [1.165, 1.54) is 16.8 Å². The van der Waals surface area contributed by atoms with Gasteiger partial charge in [0.15, 0.2) is 0 Å². The number of hydrogen-bond donors (Lipinski definition) is 1. The Labute approximate surface area is 88.1 Å². The van der Waals surface area contributed by atoms with Gasteiger partial charge in [0.05, 0.1) is 6.20 Å². The average Bonchev–Trinajstić information content (AvgIpc) is 2.62. The molecule has 0 saturated heterocycles. The van der Waals surface area contributed by atoms with Gasteiger partial charge >= 0.3 is 0 Å². The van der Waals surface area contributed by atoms with Crippen LogP contribution in [0.25, 0.3) is 11.1 Å². The van der Waals surface area contributed by atoms with Crippen molar-refractivity contribution in [3.05, 3.63) is 35.7 Å². The molecule has 1 aromatic heterocycles. The number of anilines is 1. The van der Waals surface area contributed by atoms with Crippen LogP contribution in [-0.2, 0) is 6.42 Å². The number of aryl methyl sites for hydroxylation is 1. The second-order valence-electron chi connectivity index (χ2n) is 3.84. The van der Waals surface area contributed by atoms with E-state index in [4.69, 9.17) is 4.52 Å². The van der Waals surface area contributed by atoms with E-state index in [0.29, 0.717) is 0 Å². The highest BCUT2D eigenvalue weighted by molar-refractivity contribution is 5.81. The molecule has 0 fully saturated rings. The summed E-state index contributed by atoms with van der Waals surface area (Å²) >= 11 is 0. The summed E-state index contributed by atoms with van der Waals surface area (Å²) in [7, 11) is 0. The molecule has 3 rings (SSSR count). The molecular formula is C12H12N2O. The molecule has 76 valence electrons. The highest BCUT2D eigenvalue weighted by Crippen LogP contribution is 2.35. The number of para-hydroxylation sites is 1. The van der Waals surface area contributed by atoms with Gasteiger partial charge in [-0.15, -0.1) is 0 Å². The number of nitrogens with zero attached hydrogens (tertiary/aromatic N) is 1. The zero-order valence-electron chi connectivity index (χ0n) is 8.58. The molecule has 3 nitrogen and oxygen atoms in total. The lowest BCUT2D eigenvalue weighted by Gasteiger charge is -2.10. The fourth-order valence-corrected chi connectivity index (χ4v) is 2.09. The topological polar surface area (TPSA) is 38.1 Å². The smallest absolute Gasteiger partial charge is 0.146 e. The van der Waals surface area contributed by atoms with Gasteiger partial charge in [-0.1, -0.05) is 23.4 Å². The third-order valence-corrected chi connectivity index (χ3v) is 2.86. The van der Waals surface area contributed by atoms with E-state index in [1.54, 1.807) is 6.20 Å². The summed E-state index contributed by atoms with van der Waals surface area (Å²) in [6.07, 6.45) is 2.70. The molecule has 15 heavy (non-hydrogen) atoms. The predicted octanol–water partition coefficient (Wildman–Crippen LogP) is 2.62. The van der Waals surface area contributed by atoms with Gasteiger partial charge in [0, 0.05) is 29.8 Å². The Kier molecular flexibility index (Phi) is 1.78. The number of hydrogen-bond acceptors (Lipinski definition) is 3. The van der Waals surface area contributed by atoms with Gasteiger partial charge in [-0.2, -0.15) is 0 Å². The molecule has 1 aromatic carbocycles. The second-order valence-corrected chi connectivity index (χ2v) is 3.84. The van der Waals surface area contributed by atoms with Crippen molar-refractivity contribution < 1.29 is 4.52 Å². The third-order valence-electron chi connectivity index (χ3n) is 2.86. The van der Waals surface area contributed by atoms with Gasteiger partial charge in [-0.3, -0.25) is 0 Å². The summed E-state index contributed by atoms with van der Waals surface area (Å²) in [5.41, 5.74) is 4.79. The van der Waals surface area contributed by atoms with Crippen LogP contribution in [0.3, 0.4) is 0 Å². The Bertz CT molecular complexity index is 502. The molecule has 2 aromatic rings. The van der Waals surface area contributed by atoms with Gasteiger partial charge in [0.1, 0.15) is 5.76 Å². The predicted molar refractivity (Wildman–Crippen MR) is 58.9 cm³/mol. The van der Waals surface area contributed by atoms with Crippen molar-refractivity contribution in [2.75, 3.05) is 11.9 Å². The van der Waals surface area contributed by atoms with Crippen molar-refractivity contribution in [3.63, 3.8) is 0 Å². The van der Waals surface area contributed by atoms with Crippen LogP contribution in [0.15, 0.2) is 28.9 Å². The molecule has 0 bridgehead atoms. The van der Waals surface area contributed by atoms with Gasteiger partial charge in [-0.05, 0) is 12.5 Å². The van der Waals surface area contributed by atoms with E-state index < -0.39 is 0 Å². The maximum absolute atomic E-state index is 5.24. The Balaban J connectivity index is 2.29. The summed E-state index contributed by atoms with van der Waals surface area (Å²) in [4.78, 5) is 0. The molecule has 0 atom stereocenters. The first kappa shape index (κ1) is 8.53.